The Morgan fingerprint density at radius 2 is 1.93 bits per heavy atom. The van der Waals surface area contributed by atoms with Gasteiger partial charge in [0, 0.05) is 0 Å². The summed E-state index contributed by atoms with van der Waals surface area (Å²) in [6.07, 6.45) is 5.17. The van der Waals surface area contributed by atoms with Gasteiger partial charge < -0.3 is 5.32 Å². The highest BCUT2D eigenvalue weighted by atomic mass is 32.2. The minimum Gasteiger partial charge on any atom is -0.344 e. The summed E-state index contributed by atoms with van der Waals surface area (Å²) in [5, 5.41) is 12.2. The predicted octanol–water partition coefficient (Wildman–Crippen LogP) is 2.18. The first-order valence-electron chi connectivity index (χ1n) is 8.89. The highest BCUT2D eigenvalue weighted by molar-refractivity contribution is 7.99. The third-order valence-electron chi connectivity index (χ3n) is 4.47. The van der Waals surface area contributed by atoms with E-state index < -0.39 is 0 Å². The summed E-state index contributed by atoms with van der Waals surface area (Å²) in [5.74, 6) is 2.71. The molecule has 0 unspecified atom stereocenters. The van der Waals surface area contributed by atoms with Crippen molar-refractivity contribution in [1.29, 1.82) is 0 Å². The maximum Gasteiger partial charge on any atom is 0.267 e. The number of terminal acetylenes is 1. The largest absolute Gasteiger partial charge is 0.344 e. The molecule has 0 radical (unpaired) electrons. The number of aryl methyl sites for hydroxylation is 1. The van der Waals surface area contributed by atoms with Gasteiger partial charge in [0.1, 0.15) is 0 Å². The number of nitrogens with zero attached hydrogens (tertiary/aromatic N) is 4. The second kappa shape index (κ2) is 7.81. The number of hydrogen-bond acceptors (Lipinski definition) is 5. The SMILES string of the molecule is C#CCNC(=O)CSc1nnc2n(-c3ccccc3C)c(=O)c3ccccc3n12. The fourth-order valence-electron chi connectivity index (χ4n) is 3.13. The quantitative estimate of drug-likeness (QED) is 0.408. The lowest BCUT2D eigenvalue weighted by Gasteiger charge is -2.13. The summed E-state index contributed by atoms with van der Waals surface area (Å²) < 4.78 is 3.37. The van der Waals surface area contributed by atoms with Gasteiger partial charge in [0.05, 0.1) is 28.9 Å². The fourth-order valence-corrected chi connectivity index (χ4v) is 3.90. The number of thioether (sulfide) groups is 1. The zero-order valence-corrected chi connectivity index (χ0v) is 16.4. The third-order valence-corrected chi connectivity index (χ3v) is 5.40. The van der Waals surface area contributed by atoms with Gasteiger partial charge in [-0.15, -0.1) is 16.6 Å². The monoisotopic (exact) mass is 403 g/mol. The van der Waals surface area contributed by atoms with Crippen molar-refractivity contribution in [3.8, 4) is 18.0 Å². The molecule has 7 nitrogen and oxygen atoms in total. The minimum absolute atomic E-state index is 0.139. The number of aromatic nitrogens is 4. The maximum atomic E-state index is 13.3. The van der Waals surface area contributed by atoms with Crippen molar-refractivity contribution in [2.75, 3.05) is 12.3 Å². The summed E-state index contributed by atoms with van der Waals surface area (Å²) in [4.78, 5) is 25.2. The Bertz CT molecular complexity index is 1330. The van der Waals surface area contributed by atoms with Crippen molar-refractivity contribution in [1.82, 2.24) is 24.5 Å². The highest BCUT2D eigenvalue weighted by Crippen LogP contribution is 2.24. The Labute approximate surface area is 170 Å². The van der Waals surface area contributed by atoms with Gasteiger partial charge in [-0.05, 0) is 30.7 Å². The summed E-state index contributed by atoms with van der Waals surface area (Å²) >= 11 is 1.24. The van der Waals surface area contributed by atoms with Gasteiger partial charge in [0.2, 0.25) is 11.7 Å². The van der Waals surface area contributed by atoms with Crippen molar-refractivity contribution in [3.63, 3.8) is 0 Å². The molecule has 0 saturated carbocycles. The second-order valence-corrected chi connectivity index (χ2v) is 7.27. The van der Waals surface area contributed by atoms with Crippen LogP contribution in [0.1, 0.15) is 5.56 Å². The smallest absolute Gasteiger partial charge is 0.267 e. The van der Waals surface area contributed by atoms with Crippen molar-refractivity contribution < 1.29 is 4.79 Å². The molecule has 2 heterocycles. The molecule has 0 aliphatic carbocycles. The summed E-state index contributed by atoms with van der Waals surface area (Å²) in [6.45, 7) is 2.12. The molecule has 144 valence electrons. The number of hydrogen-bond donors (Lipinski definition) is 1. The van der Waals surface area contributed by atoms with E-state index in [4.69, 9.17) is 6.42 Å². The van der Waals surface area contributed by atoms with Crippen LogP contribution < -0.4 is 10.9 Å². The lowest BCUT2D eigenvalue weighted by Crippen LogP contribution is -2.25. The molecular weight excluding hydrogens is 386 g/mol. The molecule has 2 aromatic carbocycles. The first-order chi connectivity index (χ1) is 14.1. The van der Waals surface area contributed by atoms with E-state index in [0.717, 1.165) is 11.3 Å². The van der Waals surface area contributed by atoms with Crippen molar-refractivity contribution >= 4 is 34.3 Å². The van der Waals surface area contributed by atoms with Crippen molar-refractivity contribution in [3.05, 3.63) is 64.4 Å². The summed E-state index contributed by atoms with van der Waals surface area (Å²) in [6, 6.07) is 14.9. The van der Waals surface area contributed by atoms with Gasteiger partial charge in [-0.2, -0.15) is 0 Å². The van der Waals surface area contributed by atoms with Crippen LogP contribution in [0.4, 0.5) is 0 Å². The van der Waals surface area contributed by atoms with Gasteiger partial charge in [0.15, 0.2) is 5.16 Å². The van der Waals surface area contributed by atoms with Gasteiger partial charge in [0.25, 0.3) is 5.56 Å². The van der Waals surface area contributed by atoms with E-state index in [2.05, 4.69) is 21.4 Å². The molecule has 0 fully saturated rings. The molecular formula is C21H17N5O2S. The fraction of sp³-hybridized carbons (Fsp3) is 0.143. The first kappa shape index (κ1) is 18.8. The van der Waals surface area contributed by atoms with E-state index in [1.807, 2.05) is 53.8 Å². The van der Waals surface area contributed by atoms with E-state index in [-0.39, 0.29) is 23.8 Å². The molecule has 1 N–H and O–H groups in total. The number of benzene rings is 2. The molecule has 1 amide bonds. The van der Waals surface area contributed by atoms with Crippen LogP contribution in [-0.2, 0) is 4.79 Å². The molecule has 0 bridgehead atoms. The average molecular weight is 403 g/mol. The van der Waals surface area contributed by atoms with Crippen LogP contribution >= 0.6 is 11.8 Å². The van der Waals surface area contributed by atoms with Crippen LogP contribution in [0.25, 0.3) is 22.4 Å². The Morgan fingerprint density at radius 1 is 1.17 bits per heavy atom. The predicted molar refractivity (Wildman–Crippen MR) is 113 cm³/mol. The molecule has 4 rings (SSSR count). The van der Waals surface area contributed by atoms with Gasteiger partial charge in [-0.25, -0.2) is 4.57 Å². The molecule has 2 aromatic heterocycles. The number of carbonyl (C=O) groups is 1. The first-order valence-corrected chi connectivity index (χ1v) is 9.88. The molecule has 0 aliphatic heterocycles. The normalized spacial score (nSPS) is 10.9. The molecule has 8 heteroatoms. The third kappa shape index (κ3) is 3.37. The van der Waals surface area contributed by atoms with Crippen LogP contribution in [-0.4, -0.2) is 37.4 Å². The Morgan fingerprint density at radius 3 is 2.72 bits per heavy atom. The number of rotatable bonds is 5. The van der Waals surface area contributed by atoms with Crippen LogP contribution in [0.3, 0.4) is 0 Å². The Balaban J connectivity index is 1.92. The lowest BCUT2D eigenvalue weighted by atomic mass is 10.2. The maximum absolute atomic E-state index is 13.3. The van der Waals surface area contributed by atoms with E-state index in [9.17, 15) is 9.59 Å². The molecule has 0 atom stereocenters. The summed E-state index contributed by atoms with van der Waals surface area (Å²) in [7, 11) is 0. The molecule has 0 aliphatic rings. The molecule has 4 aromatic rings. The van der Waals surface area contributed by atoms with Crippen LogP contribution in [0, 0.1) is 19.3 Å². The van der Waals surface area contributed by atoms with E-state index in [0.29, 0.717) is 21.8 Å². The van der Waals surface area contributed by atoms with Crippen molar-refractivity contribution in [2.45, 2.75) is 12.1 Å². The highest BCUT2D eigenvalue weighted by Gasteiger charge is 2.19. The second-order valence-electron chi connectivity index (χ2n) is 6.33. The topological polar surface area (TPSA) is 81.3 Å². The number of para-hydroxylation sites is 2. The molecule has 0 spiro atoms. The Kier molecular flexibility index (Phi) is 5.06. The standard InChI is InChI=1S/C21H17N5O2S/c1-3-12-22-18(27)13-29-21-24-23-20-25(16-10-6-4-8-14(16)2)19(28)15-9-5-7-11-17(15)26(20)21/h1,4-11H,12-13H2,2H3,(H,22,27). The zero-order chi connectivity index (χ0) is 20.4. The van der Waals surface area contributed by atoms with Crippen LogP contribution in [0.15, 0.2) is 58.5 Å². The van der Waals surface area contributed by atoms with Gasteiger partial charge in [-0.1, -0.05) is 48.0 Å². The minimum atomic E-state index is -0.193. The van der Waals surface area contributed by atoms with Crippen molar-refractivity contribution in [2.24, 2.45) is 0 Å². The number of fused-ring (bicyclic) bond motifs is 3. The van der Waals surface area contributed by atoms with E-state index in [1.54, 1.807) is 10.6 Å². The van der Waals surface area contributed by atoms with Gasteiger partial charge >= 0.3 is 0 Å². The van der Waals surface area contributed by atoms with Gasteiger partial charge in [-0.3, -0.25) is 14.0 Å². The number of nitrogens with one attached hydrogen (secondary N) is 1. The van der Waals surface area contributed by atoms with Crippen LogP contribution in [0.5, 0.6) is 0 Å². The molecule has 29 heavy (non-hydrogen) atoms. The van der Waals surface area contributed by atoms with Crippen LogP contribution in [0.2, 0.25) is 0 Å². The molecule has 0 saturated heterocycles. The number of carbonyl (C=O) groups excluding carboxylic acids is 1. The zero-order valence-electron chi connectivity index (χ0n) is 15.6. The van der Waals surface area contributed by atoms with E-state index in [1.165, 1.54) is 11.8 Å². The number of amides is 1. The van der Waals surface area contributed by atoms with E-state index >= 15 is 0 Å². The Hall–Kier alpha value is -3.57. The average Bonchev–Trinajstić information content (AvgIpc) is 3.16. The lowest BCUT2D eigenvalue weighted by molar-refractivity contribution is -0.118. The summed E-state index contributed by atoms with van der Waals surface area (Å²) in [5.41, 5.74) is 2.20.